The molecule has 1 aromatic heterocycles. The summed E-state index contributed by atoms with van der Waals surface area (Å²) in [7, 11) is 0. The highest BCUT2D eigenvalue weighted by molar-refractivity contribution is 9.10. The molecule has 3 rings (SSSR count). The number of fused-ring (bicyclic) bond motifs is 1. The Hall–Kier alpha value is -1.51. The van der Waals surface area contributed by atoms with Gasteiger partial charge in [0.25, 0.3) is 5.79 Å². The van der Waals surface area contributed by atoms with Crippen molar-refractivity contribution >= 4 is 27.3 Å². The Morgan fingerprint density at radius 3 is 2.89 bits per heavy atom. The molecule has 1 aliphatic heterocycles. The molecule has 1 atom stereocenters. The van der Waals surface area contributed by atoms with Crippen molar-refractivity contribution in [3.05, 3.63) is 44.6 Å². The van der Waals surface area contributed by atoms with Gasteiger partial charge in [0.15, 0.2) is 11.5 Å². The third kappa shape index (κ3) is 1.61. The van der Waals surface area contributed by atoms with Crippen molar-refractivity contribution in [2.45, 2.75) is 12.7 Å². The zero-order valence-electron chi connectivity index (χ0n) is 9.44. The number of rotatable bonds is 1. The predicted molar refractivity (Wildman–Crippen MR) is 71.8 cm³/mol. The zero-order chi connectivity index (χ0) is 12.8. The van der Waals surface area contributed by atoms with Gasteiger partial charge in [-0.15, -0.1) is 11.3 Å². The Labute approximate surface area is 117 Å². The highest BCUT2D eigenvalue weighted by atomic mass is 79.9. The summed E-state index contributed by atoms with van der Waals surface area (Å²) >= 11 is 4.82. The second-order valence-corrected chi connectivity index (χ2v) is 5.76. The van der Waals surface area contributed by atoms with Crippen LogP contribution in [0.1, 0.15) is 17.4 Å². The lowest BCUT2D eigenvalue weighted by molar-refractivity contribution is -0.0681. The largest absolute Gasteiger partial charge is 0.444 e. The van der Waals surface area contributed by atoms with E-state index in [1.165, 1.54) is 11.3 Å². The van der Waals surface area contributed by atoms with Gasteiger partial charge in [0.1, 0.15) is 10.9 Å². The van der Waals surface area contributed by atoms with E-state index in [4.69, 9.17) is 14.7 Å². The standard InChI is InChI=1S/C13H8BrNO2S/c1-13(8-5-6-18-11(8)7-15)16-10-4-2-3-9(14)12(10)17-13/h2-6H,1H3. The molecule has 0 bridgehead atoms. The average molecular weight is 322 g/mol. The molecule has 0 saturated heterocycles. The van der Waals surface area contributed by atoms with Crippen molar-refractivity contribution < 1.29 is 9.47 Å². The van der Waals surface area contributed by atoms with Gasteiger partial charge in [-0.2, -0.15) is 5.26 Å². The fraction of sp³-hybridized carbons (Fsp3) is 0.154. The molecule has 2 heterocycles. The van der Waals surface area contributed by atoms with Crippen LogP contribution in [0.2, 0.25) is 0 Å². The molecule has 0 saturated carbocycles. The van der Waals surface area contributed by atoms with Crippen LogP contribution in [0.25, 0.3) is 0 Å². The summed E-state index contributed by atoms with van der Waals surface area (Å²) in [6.45, 7) is 1.82. The van der Waals surface area contributed by atoms with Gasteiger partial charge in [0, 0.05) is 6.92 Å². The highest BCUT2D eigenvalue weighted by Crippen LogP contribution is 2.48. The maximum atomic E-state index is 9.09. The quantitative estimate of drug-likeness (QED) is 0.796. The third-order valence-corrected chi connectivity index (χ3v) is 4.23. The minimum atomic E-state index is -0.933. The van der Waals surface area contributed by atoms with E-state index in [0.29, 0.717) is 16.4 Å². The van der Waals surface area contributed by atoms with Gasteiger partial charge >= 0.3 is 0 Å². The Balaban J connectivity index is 2.07. The number of halogens is 1. The number of nitrogens with zero attached hydrogens (tertiary/aromatic N) is 1. The first kappa shape index (κ1) is 11.6. The van der Waals surface area contributed by atoms with Crippen molar-refractivity contribution in [3.8, 4) is 17.6 Å². The topological polar surface area (TPSA) is 42.2 Å². The van der Waals surface area contributed by atoms with Crippen LogP contribution < -0.4 is 9.47 Å². The lowest BCUT2D eigenvalue weighted by Crippen LogP contribution is -2.31. The molecule has 90 valence electrons. The minimum Gasteiger partial charge on any atom is -0.444 e. The third-order valence-electron chi connectivity index (χ3n) is 2.79. The molecule has 2 aromatic rings. The van der Waals surface area contributed by atoms with Gasteiger partial charge in [0.05, 0.1) is 10.0 Å². The summed E-state index contributed by atoms with van der Waals surface area (Å²) in [5, 5.41) is 11.0. The molecule has 0 aliphatic carbocycles. The first-order valence-electron chi connectivity index (χ1n) is 5.28. The van der Waals surface area contributed by atoms with Crippen molar-refractivity contribution in [1.82, 2.24) is 0 Å². The van der Waals surface area contributed by atoms with E-state index in [2.05, 4.69) is 22.0 Å². The summed E-state index contributed by atoms with van der Waals surface area (Å²) in [6.07, 6.45) is 0. The maximum absolute atomic E-state index is 9.09. The predicted octanol–water partition coefficient (Wildman–Crippen LogP) is 4.03. The van der Waals surface area contributed by atoms with Crippen LogP contribution in [0.5, 0.6) is 11.5 Å². The maximum Gasteiger partial charge on any atom is 0.277 e. The molecular formula is C13H8BrNO2S. The fourth-order valence-electron chi connectivity index (χ4n) is 1.96. The molecule has 1 unspecified atom stereocenters. The molecule has 0 fully saturated rings. The number of hydrogen-bond donors (Lipinski definition) is 0. The molecule has 0 N–H and O–H groups in total. The molecule has 0 radical (unpaired) electrons. The number of nitriles is 1. The first-order chi connectivity index (χ1) is 8.64. The van der Waals surface area contributed by atoms with Crippen LogP contribution in [0.3, 0.4) is 0 Å². The van der Waals surface area contributed by atoms with Crippen LogP contribution in [0, 0.1) is 11.3 Å². The monoisotopic (exact) mass is 321 g/mol. The van der Waals surface area contributed by atoms with Crippen molar-refractivity contribution in [2.24, 2.45) is 0 Å². The number of ether oxygens (including phenoxy) is 2. The van der Waals surface area contributed by atoms with E-state index >= 15 is 0 Å². The Kier molecular flexibility index (Phi) is 2.58. The van der Waals surface area contributed by atoms with Crippen molar-refractivity contribution in [2.75, 3.05) is 0 Å². The molecule has 1 aromatic carbocycles. The normalized spacial score (nSPS) is 20.7. The molecular weight excluding hydrogens is 314 g/mol. The highest BCUT2D eigenvalue weighted by Gasteiger charge is 2.41. The minimum absolute atomic E-state index is 0.612. The Morgan fingerprint density at radius 1 is 1.33 bits per heavy atom. The molecule has 0 amide bonds. The summed E-state index contributed by atoms with van der Waals surface area (Å²) in [4.78, 5) is 0.612. The number of para-hydroxylation sites is 1. The lowest BCUT2D eigenvalue weighted by atomic mass is 10.1. The van der Waals surface area contributed by atoms with E-state index in [1.807, 2.05) is 36.6 Å². The second-order valence-electron chi connectivity index (χ2n) is 3.99. The lowest BCUT2D eigenvalue weighted by Gasteiger charge is -2.22. The van der Waals surface area contributed by atoms with Gasteiger partial charge in [0.2, 0.25) is 0 Å². The van der Waals surface area contributed by atoms with Crippen LogP contribution in [-0.2, 0) is 5.79 Å². The van der Waals surface area contributed by atoms with Crippen molar-refractivity contribution in [1.29, 1.82) is 5.26 Å². The van der Waals surface area contributed by atoms with Gasteiger partial charge < -0.3 is 9.47 Å². The van der Waals surface area contributed by atoms with E-state index in [-0.39, 0.29) is 0 Å². The van der Waals surface area contributed by atoms with Crippen LogP contribution in [-0.4, -0.2) is 0 Å². The van der Waals surface area contributed by atoms with Gasteiger partial charge in [-0.05, 0) is 39.5 Å². The van der Waals surface area contributed by atoms with E-state index in [1.54, 1.807) is 0 Å². The zero-order valence-corrected chi connectivity index (χ0v) is 11.8. The first-order valence-corrected chi connectivity index (χ1v) is 6.96. The van der Waals surface area contributed by atoms with E-state index in [9.17, 15) is 0 Å². The Morgan fingerprint density at radius 2 is 2.17 bits per heavy atom. The van der Waals surface area contributed by atoms with Gasteiger partial charge in [-0.3, -0.25) is 0 Å². The molecule has 5 heteroatoms. The summed E-state index contributed by atoms with van der Waals surface area (Å²) < 4.78 is 12.6. The van der Waals surface area contributed by atoms with E-state index < -0.39 is 5.79 Å². The van der Waals surface area contributed by atoms with Crippen LogP contribution in [0.15, 0.2) is 34.1 Å². The average Bonchev–Trinajstić information content (AvgIpc) is 2.93. The van der Waals surface area contributed by atoms with E-state index in [0.717, 1.165) is 10.0 Å². The summed E-state index contributed by atoms with van der Waals surface area (Å²) in [5.41, 5.74) is 0.762. The summed E-state index contributed by atoms with van der Waals surface area (Å²) in [5.74, 6) is 0.425. The SMILES string of the molecule is CC1(c2ccsc2C#N)Oc2cccc(Br)c2O1. The summed E-state index contributed by atoms with van der Waals surface area (Å²) in [6, 6.07) is 9.66. The molecule has 18 heavy (non-hydrogen) atoms. The number of hydrogen-bond acceptors (Lipinski definition) is 4. The number of benzene rings is 1. The van der Waals surface area contributed by atoms with Crippen LogP contribution in [0.4, 0.5) is 0 Å². The molecule has 3 nitrogen and oxygen atoms in total. The molecule has 0 spiro atoms. The van der Waals surface area contributed by atoms with Gasteiger partial charge in [-0.1, -0.05) is 6.07 Å². The van der Waals surface area contributed by atoms with Crippen LogP contribution >= 0.6 is 27.3 Å². The molecule has 1 aliphatic rings. The Bertz CT molecular complexity index is 661. The van der Waals surface area contributed by atoms with Crippen molar-refractivity contribution in [3.63, 3.8) is 0 Å². The number of thiophene rings is 1. The second kappa shape index (κ2) is 4.01. The fourth-order valence-corrected chi connectivity index (χ4v) is 3.16. The smallest absolute Gasteiger partial charge is 0.277 e. The van der Waals surface area contributed by atoms with Gasteiger partial charge in [-0.25, -0.2) is 0 Å².